The van der Waals surface area contributed by atoms with Crippen LogP contribution in [0.5, 0.6) is 0 Å². The maximum absolute atomic E-state index is 12.5. The first kappa shape index (κ1) is 24.8. The first-order valence-electron chi connectivity index (χ1n) is 13.2. The molecule has 7 nitrogen and oxygen atoms in total. The van der Waals surface area contributed by atoms with E-state index < -0.39 is 6.03 Å². The first-order valence-corrected chi connectivity index (χ1v) is 13.2. The summed E-state index contributed by atoms with van der Waals surface area (Å²) >= 11 is 0. The fraction of sp³-hybridized carbons (Fsp3) is 0.483. The number of primary amides is 1. The van der Waals surface area contributed by atoms with Gasteiger partial charge in [0, 0.05) is 51.1 Å². The molecule has 0 saturated carbocycles. The monoisotopic (exact) mass is 489 g/mol. The number of nitrogens with zero attached hydrogens (tertiary/aromatic N) is 4. The van der Waals surface area contributed by atoms with Gasteiger partial charge in [-0.3, -0.25) is 0 Å². The Morgan fingerprint density at radius 1 is 0.944 bits per heavy atom. The number of nitrogens with two attached hydrogens (primary N) is 1. The summed E-state index contributed by atoms with van der Waals surface area (Å²) in [5.74, 6) is 0. The van der Waals surface area contributed by atoms with E-state index in [2.05, 4.69) is 66.4 Å². The maximum atomic E-state index is 12.5. The Kier molecular flexibility index (Phi) is 7.32. The molecule has 2 aromatic rings. The van der Waals surface area contributed by atoms with Crippen LogP contribution in [-0.2, 0) is 11.2 Å². The van der Waals surface area contributed by atoms with E-state index in [4.69, 9.17) is 10.5 Å². The van der Waals surface area contributed by atoms with Crippen LogP contribution < -0.4 is 15.6 Å². The van der Waals surface area contributed by atoms with Crippen molar-refractivity contribution in [2.75, 3.05) is 57.4 Å². The summed E-state index contributed by atoms with van der Waals surface area (Å²) in [5, 5.41) is 3.60. The molecule has 0 radical (unpaired) electrons. The standard InChI is InChI=1S/C29H39N5O2/c1-31(2)23-12-16-33(17-13-23)25-8-4-21(5-9-25)27-11-7-22-6-10-26(20-28(22)27)34(29(30)35)32(3)24-14-18-36-19-15-24/h4-6,8-11,20,23-24H,7,12-19H2,1-3H3,(H2,30,35). The van der Waals surface area contributed by atoms with Gasteiger partial charge in [0.05, 0.1) is 5.69 Å². The fourth-order valence-corrected chi connectivity index (χ4v) is 5.90. The molecule has 2 aliphatic heterocycles. The van der Waals surface area contributed by atoms with Crippen molar-refractivity contribution in [3.8, 4) is 0 Å². The van der Waals surface area contributed by atoms with Crippen molar-refractivity contribution in [2.45, 2.75) is 44.2 Å². The van der Waals surface area contributed by atoms with Crippen LogP contribution in [0.2, 0.25) is 0 Å². The highest BCUT2D eigenvalue weighted by Gasteiger charge is 2.28. The molecule has 5 rings (SSSR count). The quantitative estimate of drug-likeness (QED) is 0.619. The van der Waals surface area contributed by atoms with Gasteiger partial charge in [-0.05, 0) is 92.7 Å². The number of carbonyl (C=O) groups excluding carboxylic acids is 1. The molecule has 0 atom stereocenters. The van der Waals surface area contributed by atoms with E-state index in [0.29, 0.717) is 19.3 Å². The number of ether oxygens (including phenoxy) is 1. The highest BCUT2D eigenvalue weighted by Crippen LogP contribution is 2.37. The molecule has 36 heavy (non-hydrogen) atoms. The van der Waals surface area contributed by atoms with Gasteiger partial charge in [-0.1, -0.05) is 24.3 Å². The third-order valence-electron chi connectivity index (χ3n) is 8.14. The molecule has 0 spiro atoms. The minimum atomic E-state index is -0.463. The first-order chi connectivity index (χ1) is 17.4. The molecule has 1 aliphatic carbocycles. The van der Waals surface area contributed by atoms with E-state index in [1.807, 2.05) is 18.1 Å². The Morgan fingerprint density at radius 2 is 1.64 bits per heavy atom. The van der Waals surface area contributed by atoms with Crippen molar-refractivity contribution in [3.05, 3.63) is 65.2 Å². The summed E-state index contributed by atoms with van der Waals surface area (Å²) in [6.45, 7) is 3.62. The lowest BCUT2D eigenvalue weighted by Gasteiger charge is -2.38. The summed E-state index contributed by atoms with van der Waals surface area (Å²) in [7, 11) is 6.31. The number of hydrazine groups is 1. The number of hydrogen-bond acceptors (Lipinski definition) is 5. The highest BCUT2D eigenvalue weighted by molar-refractivity contribution is 5.92. The van der Waals surface area contributed by atoms with E-state index in [9.17, 15) is 4.79 Å². The van der Waals surface area contributed by atoms with Gasteiger partial charge in [0.25, 0.3) is 0 Å². The Bertz CT molecular complexity index is 1100. The maximum Gasteiger partial charge on any atom is 0.334 e. The molecule has 7 heteroatoms. The lowest BCUT2D eigenvalue weighted by atomic mass is 9.97. The Hall–Kier alpha value is -2.87. The van der Waals surface area contributed by atoms with Crippen LogP contribution >= 0.6 is 0 Å². The molecule has 0 unspecified atom stereocenters. The van der Waals surface area contributed by atoms with Crippen molar-refractivity contribution in [1.29, 1.82) is 0 Å². The minimum Gasteiger partial charge on any atom is -0.381 e. The number of urea groups is 1. The molecule has 2 N–H and O–H groups in total. The molecule has 192 valence electrons. The molecule has 2 aromatic carbocycles. The lowest BCUT2D eigenvalue weighted by molar-refractivity contribution is 0.0420. The van der Waals surface area contributed by atoms with Gasteiger partial charge in [0.1, 0.15) is 0 Å². The molecule has 0 aromatic heterocycles. The third kappa shape index (κ3) is 5.01. The van der Waals surface area contributed by atoms with E-state index in [1.165, 1.54) is 40.8 Å². The second-order valence-corrected chi connectivity index (χ2v) is 10.5. The number of hydrogen-bond donors (Lipinski definition) is 1. The van der Waals surface area contributed by atoms with Crippen LogP contribution in [-0.4, -0.2) is 75.5 Å². The number of rotatable bonds is 6. The zero-order chi connectivity index (χ0) is 25.2. The second-order valence-electron chi connectivity index (χ2n) is 10.5. The van der Waals surface area contributed by atoms with Gasteiger partial charge in [0.15, 0.2) is 0 Å². The predicted molar refractivity (Wildman–Crippen MR) is 146 cm³/mol. The fourth-order valence-electron chi connectivity index (χ4n) is 5.90. The summed E-state index contributed by atoms with van der Waals surface area (Å²) in [4.78, 5) is 17.4. The number of anilines is 2. The van der Waals surface area contributed by atoms with Gasteiger partial charge in [0.2, 0.25) is 0 Å². The third-order valence-corrected chi connectivity index (χ3v) is 8.14. The smallest absolute Gasteiger partial charge is 0.334 e. The molecular formula is C29H39N5O2. The summed E-state index contributed by atoms with van der Waals surface area (Å²) in [5.41, 5.74) is 12.9. The van der Waals surface area contributed by atoms with Gasteiger partial charge in [-0.15, -0.1) is 0 Å². The zero-order valence-electron chi connectivity index (χ0n) is 21.8. The van der Waals surface area contributed by atoms with Crippen molar-refractivity contribution in [3.63, 3.8) is 0 Å². The number of fused-ring (bicyclic) bond motifs is 1. The van der Waals surface area contributed by atoms with Gasteiger partial charge in [-0.2, -0.15) is 0 Å². The van der Waals surface area contributed by atoms with Crippen molar-refractivity contribution in [1.82, 2.24) is 9.91 Å². The van der Waals surface area contributed by atoms with Crippen LogP contribution in [0.25, 0.3) is 5.57 Å². The molecular weight excluding hydrogens is 450 g/mol. The van der Waals surface area contributed by atoms with Crippen LogP contribution in [0, 0.1) is 0 Å². The Balaban J connectivity index is 1.34. The summed E-state index contributed by atoms with van der Waals surface area (Å²) in [6, 6.07) is 15.7. The van der Waals surface area contributed by atoms with Crippen molar-refractivity contribution < 1.29 is 9.53 Å². The second kappa shape index (κ2) is 10.6. The van der Waals surface area contributed by atoms with Gasteiger partial charge >= 0.3 is 6.03 Å². The largest absolute Gasteiger partial charge is 0.381 e. The van der Waals surface area contributed by atoms with Crippen LogP contribution in [0.3, 0.4) is 0 Å². The predicted octanol–water partition coefficient (Wildman–Crippen LogP) is 4.12. The van der Waals surface area contributed by atoms with Gasteiger partial charge in [-0.25, -0.2) is 14.8 Å². The summed E-state index contributed by atoms with van der Waals surface area (Å²) in [6.07, 6.45) is 7.37. The van der Waals surface area contributed by atoms with Crippen LogP contribution in [0.15, 0.2) is 48.5 Å². The van der Waals surface area contributed by atoms with Crippen LogP contribution in [0.1, 0.15) is 42.4 Å². The van der Waals surface area contributed by atoms with E-state index in [-0.39, 0.29) is 6.04 Å². The Labute approximate surface area is 215 Å². The summed E-state index contributed by atoms with van der Waals surface area (Å²) < 4.78 is 5.51. The molecule has 2 saturated heterocycles. The van der Waals surface area contributed by atoms with E-state index >= 15 is 0 Å². The number of carbonyl (C=O) groups is 1. The SMILES string of the molecule is CN(C)C1CCN(c2ccc(C3=CCc4ccc(N(C(N)=O)N(C)C5CCOCC5)cc43)cc2)CC1. The number of amides is 2. The average molecular weight is 490 g/mol. The Morgan fingerprint density at radius 3 is 2.28 bits per heavy atom. The van der Waals surface area contributed by atoms with Crippen molar-refractivity contribution >= 4 is 23.0 Å². The molecule has 2 amide bonds. The zero-order valence-corrected chi connectivity index (χ0v) is 21.8. The van der Waals surface area contributed by atoms with E-state index in [0.717, 1.165) is 38.0 Å². The number of allylic oxidation sites excluding steroid dienone is 1. The number of piperidine rings is 1. The highest BCUT2D eigenvalue weighted by atomic mass is 16.5. The van der Waals surface area contributed by atoms with Gasteiger partial charge < -0.3 is 20.3 Å². The lowest BCUT2D eigenvalue weighted by Crippen LogP contribution is -2.53. The number of benzene rings is 2. The van der Waals surface area contributed by atoms with E-state index in [1.54, 1.807) is 5.01 Å². The van der Waals surface area contributed by atoms with Crippen LogP contribution in [0.4, 0.5) is 16.2 Å². The molecule has 0 bridgehead atoms. The molecule has 2 fully saturated rings. The van der Waals surface area contributed by atoms with Crippen molar-refractivity contribution in [2.24, 2.45) is 5.73 Å². The topological polar surface area (TPSA) is 65.3 Å². The molecule has 3 aliphatic rings. The normalized spacial score (nSPS) is 19.0. The average Bonchev–Trinajstić information content (AvgIpc) is 3.32. The molecule has 2 heterocycles. The minimum absolute atomic E-state index is 0.227.